The Bertz CT molecular complexity index is 1020. The van der Waals surface area contributed by atoms with Gasteiger partial charge in [-0.15, -0.1) is 21.5 Å². The second kappa shape index (κ2) is 6.45. The standard InChI is InChI=1S/C18H15N5OS/c1-12(16-22-21-15-9-5-6-10-23(15)16)19-17(24)14-11-25-18(20-14)13-7-3-2-4-8-13/h2-12H,1H3,(H,19,24). The fourth-order valence-electron chi connectivity index (χ4n) is 2.58. The van der Waals surface area contributed by atoms with E-state index in [1.807, 2.05) is 66.1 Å². The normalized spacial score (nSPS) is 12.2. The molecule has 1 atom stereocenters. The largest absolute Gasteiger partial charge is 0.341 e. The number of pyridine rings is 1. The average Bonchev–Trinajstić information content (AvgIpc) is 3.30. The molecule has 1 N–H and O–H groups in total. The average molecular weight is 349 g/mol. The summed E-state index contributed by atoms with van der Waals surface area (Å²) < 4.78 is 1.86. The first-order valence-corrected chi connectivity index (χ1v) is 8.72. The molecule has 4 rings (SSSR count). The number of aromatic nitrogens is 4. The number of hydrogen-bond acceptors (Lipinski definition) is 5. The maximum absolute atomic E-state index is 12.5. The lowest BCUT2D eigenvalue weighted by molar-refractivity contribution is 0.0934. The first-order chi connectivity index (χ1) is 12.2. The van der Waals surface area contributed by atoms with E-state index in [4.69, 9.17) is 0 Å². The summed E-state index contributed by atoms with van der Waals surface area (Å²) in [5, 5.41) is 13.8. The Morgan fingerprint density at radius 2 is 1.92 bits per heavy atom. The first-order valence-electron chi connectivity index (χ1n) is 7.84. The van der Waals surface area contributed by atoms with Gasteiger partial charge in [0.2, 0.25) is 0 Å². The molecule has 3 heterocycles. The molecule has 1 aromatic carbocycles. The molecule has 25 heavy (non-hydrogen) atoms. The van der Waals surface area contributed by atoms with Crippen molar-refractivity contribution in [1.29, 1.82) is 0 Å². The zero-order chi connectivity index (χ0) is 17.2. The highest BCUT2D eigenvalue weighted by atomic mass is 32.1. The predicted molar refractivity (Wildman–Crippen MR) is 96.4 cm³/mol. The predicted octanol–water partition coefficient (Wildman–Crippen LogP) is 3.34. The number of hydrogen-bond donors (Lipinski definition) is 1. The van der Waals surface area contributed by atoms with Gasteiger partial charge in [0.25, 0.3) is 5.91 Å². The fourth-order valence-corrected chi connectivity index (χ4v) is 3.39. The number of nitrogens with one attached hydrogen (secondary N) is 1. The van der Waals surface area contributed by atoms with Crippen molar-refractivity contribution >= 4 is 22.9 Å². The van der Waals surface area contributed by atoms with Crippen LogP contribution in [0.15, 0.2) is 60.1 Å². The van der Waals surface area contributed by atoms with E-state index < -0.39 is 0 Å². The zero-order valence-corrected chi connectivity index (χ0v) is 14.3. The van der Waals surface area contributed by atoms with Crippen molar-refractivity contribution in [3.05, 3.63) is 71.6 Å². The molecule has 0 aliphatic carbocycles. The summed E-state index contributed by atoms with van der Waals surface area (Å²) in [5.41, 5.74) is 2.16. The van der Waals surface area contributed by atoms with Gasteiger partial charge < -0.3 is 5.32 Å². The van der Waals surface area contributed by atoms with Crippen molar-refractivity contribution in [3.8, 4) is 10.6 Å². The smallest absolute Gasteiger partial charge is 0.271 e. The van der Waals surface area contributed by atoms with Crippen molar-refractivity contribution < 1.29 is 4.79 Å². The molecular weight excluding hydrogens is 334 g/mol. The summed E-state index contributed by atoms with van der Waals surface area (Å²) >= 11 is 1.45. The van der Waals surface area contributed by atoms with Gasteiger partial charge in [-0.25, -0.2) is 4.98 Å². The monoisotopic (exact) mass is 349 g/mol. The highest BCUT2D eigenvalue weighted by Gasteiger charge is 2.18. The lowest BCUT2D eigenvalue weighted by Crippen LogP contribution is -2.28. The second-order valence-electron chi connectivity index (χ2n) is 5.59. The number of carbonyl (C=O) groups excluding carboxylic acids is 1. The third-order valence-corrected chi connectivity index (χ3v) is 4.72. The molecule has 124 valence electrons. The molecule has 7 heteroatoms. The maximum atomic E-state index is 12.5. The SMILES string of the molecule is CC(NC(=O)c1csc(-c2ccccc2)n1)c1nnc2ccccn12. The third kappa shape index (κ3) is 3.01. The van der Waals surface area contributed by atoms with E-state index in [0.29, 0.717) is 11.5 Å². The van der Waals surface area contributed by atoms with E-state index >= 15 is 0 Å². The maximum Gasteiger partial charge on any atom is 0.271 e. The van der Waals surface area contributed by atoms with Crippen LogP contribution >= 0.6 is 11.3 Å². The van der Waals surface area contributed by atoms with Crippen LogP contribution in [0.2, 0.25) is 0 Å². The van der Waals surface area contributed by atoms with Crippen LogP contribution in [0.1, 0.15) is 29.3 Å². The summed E-state index contributed by atoms with van der Waals surface area (Å²) in [6, 6.07) is 15.2. The molecule has 0 saturated carbocycles. The minimum Gasteiger partial charge on any atom is -0.341 e. The van der Waals surface area contributed by atoms with Crippen molar-refractivity contribution in [2.45, 2.75) is 13.0 Å². The lowest BCUT2D eigenvalue weighted by Gasteiger charge is -2.11. The summed E-state index contributed by atoms with van der Waals surface area (Å²) in [7, 11) is 0. The van der Waals surface area contributed by atoms with Gasteiger partial charge in [0.05, 0.1) is 6.04 Å². The summed E-state index contributed by atoms with van der Waals surface area (Å²) in [6.45, 7) is 1.88. The Kier molecular flexibility index (Phi) is 3.99. The third-order valence-electron chi connectivity index (χ3n) is 3.83. The van der Waals surface area contributed by atoms with Crippen LogP contribution < -0.4 is 5.32 Å². The van der Waals surface area contributed by atoms with Gasteiger partial charge in [0, 0.05) is 17.1 Å². The van der Waals surface area contributed by atoms with Crippen LogP contribution in [0.3, 0.4) is 0 Å². The van der Waals surface area contributed by atoms with E-state index in [1.54, 1.807) is 5.38 Å². The number of benzene rings is 1. The minimum atomic E-state index is -0.285. The Morgan fingerprint density at radius 3 is 2.76 bits per heavy atom. The lowest BCUT2D eigenvalue weighted by atomic mass is 10.2. The molecule has 6 nitrogen and oxygen atoms in total. The van der Waals surface area contributed by atoms with Gasteiger partial charge in [-0.1, -0.05) is 36.4 Å². The van der Waals surface area contributed by atoms with Gasteiger partial charge >= 0.3 is 0 Å². The molecule has 0 aliphatic rings. The Balaban J connectivity index is 1.53. The molecule has 0 spiro atoms. The first kappa shape index (κ1) is 15.5. The minimum absolute atomic E-state index is 0.224. The summed E-state index contributed by atoms with van der Waals surface area (Å²) in [6.07, 6.45) is 1.88. The summed E-state index contributed by atoms with van der Waals surface area (Å²) in [4.78, 5) is 16.9. The molecule has 0 fully saturated rings. The number of carbonyl (C=O) groups is 1. The Hall–Kier alpha value is -3.06. The highest BCUT2D eigenvalue weighted by molar-refractivity contribution is 7.13. The molecule has 0 bridgehead atoms. The van der Waals surface area contributed by atoms with E-state index in [9.17, 15) is 4.79 Å². The Morgan fingerprint density at radius 1 is 1.12 bits per heavy atom. The van der Waals surface area contributed by atoms with Crippen molar-refractivity contribution in [2.75, 3.05) is 0 Å². The molecule has 4 aromatic rings. The van der Waals surface area contributed by atoms with Crippen LogP contribution in [0, 0.1) is 0 Å². The van der Waals surface area contributed by atoms with Gasteiger partial charge in [0.15, 0.2) is 11.5 Å². The van der Waals surface area contributed by atoms with Gasteiger partial charge in [-0.3, -0.25) is 9.20 Å². The molecule has 0 saturated heterocycles. The van der Waals surface area contributed by atoms with E-state index in [0.717, 1.165) is 16.2 Å². The molecule has 1 unspecified atom stereocenters. The van der Waals surface area contributed by atoms with Gasteiger partial charge in [-0.05, 0) is 19.1 Å². The molecule has 0 radical (unpaired) electrons. The number of rotatable bonds is 4. The molecule has 0 aliphatic heterocycles. The summed E-state index contributed by atoms with van der Waals surface area (Å²) in [5.74, 6) is 0.459. The fraction of sp³-hybridized carbons (Fsp3) is 0.111. The number of nitrogens with zero attached hydrogens (tertiary/aromatic N) is 4. The highest BCUT2D eigenvalue weighted by Crippen LogP contribution is 2.23. The van der Waals surface area contributed by atoms with Gasteiger partial charge in [0.1, 0.15) is 10.7 Å². The Labute approximate surface area is 148 Å². The number of amides is 1. The van der Waals surface area contributed by atoms with Gasteiger partial charge in [-0.2, -0.15) is 0 Å². The van der Waals surface area contributed by atoms with Crippen LogP contribution in [-0.2, 0) is 0 Å². The van der Waals surface area contributed by atoms with Crippen molar-refractivity contribution in [3.63, 3.8) is 0 Å². The van der Waals surface area contributed by atoms with E-state index in [1.165, 1.54) is 11.3 Å². The van der Waals surface area contributed by atoms with E-state index in [2.05, 4.69) is 20.5 Å². The molecule has 3 aromatic heterocycles. The topological polar surface area (TPSA) is 72.2 Å². The number of fused-ring (bicyclic) bond motifs is 1. The molecular formula is C18H15N5OS. The van der Waals surface area contributed by atoms with Crippen LogP contribution in [0.5, 0.6) is 0 Å². The van der Waals surface area contributed by atoms with Crippen LogP contribution in [0.25, 0.3) is 16.2 Å². The quantitative estimate of drug-likeness (QED) is 0.613. The van der Waals surface area contributed by atoms with E-state index in [-0.39, 0.29) is 11.9 Å². The zero-order valence-electron chi connectivity index (χ0n) is 13.5. The van der Waals surface area contributed by atoms with Crippen molar-refractivity contribution in [2.24, 2.45) is 0 Å². The second-order valence-corrected chi connectivity index (χ2v) is 6.44. The van der Waals surface area contributed by atoms with Crippen molar-refractivity contribution in [1.82, 2.24) is 24.9 Å². The molecule has 1 amide bonds. The van der Waals surface area contributed by atoms with Crippen LogP contribution in [-0.4, -0.2) is 25.5 Å². The van der Waals surface area contributed by atoms with Crippen LogP contribution in [0.4, 0.5) is 0 Å². The number of thiazole rings is 1.